The molecule has 0 spiro atoms. The van der Waals surface area contributed by atoms with Gasteiger partial charge in [0.05, 0.1) is 25.3 Å². The van der Waals surface area contributed by atoms with Gasteiger partial charge in [0.25, 0.3) is 0 Å². The summed E-state index contributed by atoms with van der Waals surface area (Å²) in [4.78, 5) is 4.51. The van der Waals surface area contributed by atoms with Gasteiger partial charge in [0.2, 0.25) is 0 Å². The highest BCUT2D eigenvalue weighted by molar-refractivity contribution is 5.83. The Morgan fingerprint density at radius 3 is 2.28 bits per heavy atom. The van der Waals surface area contributed by atoms with Gasteiger partial charge in [-0.25, -0.2) is 4.98 Å². The molecule has 1 aromatic heterocycles. The first-order valence-electron chi connectivity index (χ1n) is 8.04. The van der Waals surface area contributed by atoms with E-state index in [1.165, 1.54) is 0 Å². The lowest BCUT2D eigenvalue weighted by Gasteiger charge is -2.08. The second kappa shape index (κ2) is 6.32. The van der Waals surface area contributed by atoms with E-state index in [0.29, 0.717) is 0 Å². The molecule has 4 heteroatoms. The Morgan fingerprint density at radius 1 is 0.760 bits per heavy atom. The number of aromatic nitrogens is 2. The first-order valence-corrected chi connectivity index (χ1v) is 8.04. The molecule has 25 heavy (non-hydrogen) atoms. The molecule has 0 amide bonds. The second-order valence-corrected chi connectivity index (χ2v) is 5.75. The highest BCUT2D eigenvalue weighted by Gasteiger charge is 2.08. The molecule has 3 aromatic carbocycles. The minimum atomic E-state index is 0.838. The molecule has 0 saturated carbocycles. The first-order chi connectivity index (χ1) is 12.3. The molecular formula is C21H18N2O2. The van der Waals surface area contributed by atoms with Crippen LogP contribution < -0.4 is 9.47 Å². The Morgan fingerprint density at radius 2 is 1.52 bits per heavy atom. The number of hydrogen-bond donors (Lipinski definition) is 0. The van der Waals surface area contributed by atoms with Gasteiger partial charge in [-0.1, -0.05) is 18.2 Å². The smallest absolute Gasteiger partial charge is 0.119 e. The summed E-state index contributed by atoms with van der Waals surface area (Å²) in [6.07, 6.45) is 1.85. The minimum Gasteiger partial charge on any atom is -0.497 e. The topological polar surface area (TPSA) is 36.3 Å². The van der Waals surface area contributed by atoms with Crippen LogP contribution in [0.3, 0.4) is 0 Å². The molecular weight excluding hydrogens is 312 g/mol. The lowest BCUT2D eigenvalue weighted by Crippen LogP contribution is -1.92. The fraction of sp³-hybridized carbons (Fsp3) is 0.0952. The number of ether oxygens (including phenoxy) is 2. The number of rotatable bonds is 4. The van der Waals surface area contributed by atoms with Crippen LogP contribution in [-0.4, -0.2) is 23.8 Å². The van der Waals surface area contributed by atoms with Crippen LogP contribution in [0.1, 0.15) is 0 Å². The van der Waals surface area contributed by atoms with Gasteiger partial charge in [-0.05, 0) is 59.7 Å². The van der Waals surface area contributed by atoms with E-state index in [1.54, 1.807) is 14.2 Å². The number of hydrogen-bond acceptors (Lipinski definition) is 3. The predicted octanol–water partition coefficient (Wildman–Crippen LogP) is 4.71. The van der Waals surface area contributed by atoms with E-state index in [2.05, 4.69) is 27.8 Å². The maximum Gasteiger partial charge on any atom is 0.119 e. The van der Waals surface area contributed by atoms with Crippen molar-refractivity contribution in [2.45, 2.75) is 0 Å². The third kappa shape index (κ3) is 2.83. The Labute approximate surface area is 146 Å². The standard InChI is InChI=1S/C21H18N2O2/c1-24-18-9-7-17(8-10-18)23-14-22-20-11-6-16(13-21(20)23)15-4-3-5-19(12-15)25-2/h3-14H,1-2H3. The van der Waals surface area contributed by atoms with Crippen molar-refractivity contribution in [3.63, 3.8) is 0 Å². The maximum absolute atomic E-state index is 5.33. The molecule has 0 aliphatic rings. The minimum absolute atomic E-state index is 0.838. The summed E-state index contributed by atoms with van der Waals surface area (Å²) in [6, 6.07) is 22.3. The average Bonchev–Trinajstić information content (AvgIpc) is 3.11. The molecule has 0 radical (unpaired) electrons. The monoisotopic (exact) mass is 330 g/mol. The van der Waals surface area contributed by atoms with Crippen LogP contribution in [0.25, 0.3) is 27.8 Å². The van der Waals surface area contributed by atoms with E-state index >= 15 is 0 Å². The molecule has 124 valence electrons. The first kappa shape index (κ1) is 15.3. The summed E-state index contributed by atoms with van der Waals surface area (Å²) in [5.41, 5.74) is 5.31. The van der Waals surface area contributed by atoms with Gasteiger partial charge in [0.15, 0.2) is 0 Å². The quantitative estimate of drug-likeness (QED) is 0.544. The van der Waals surface area contributed by atoms with Crippen molar-refractivity contribution in [1.29, 1.82) is 0 Å². The average molecular weight is 330 g/mol. The molecule has 0 bridgehead atoms. The van der Waals surface area contributed by atoms with Crippen LogP contribution in [0.5, 0.6) is 11.5 Å². The Balaban J connectivity index is 1.81. The molecule has 0 fully saturated rings. The van der Waals surface area contributed by atoms with Gasteiger partial charge in [-0.2, -0.15) is 0 Å². The summed E-state index contributed by atoms with van der Waals surface area (Å²) >= 11 is 0. The number of imidazole rings is 1. The summed E-state index contributed by atoms with van der Waals surface area (Å²) in [5, 5.41) is 0. The molecule has 0 unspecified atom stereocenters. The summed E-state index contributed by atoms with van der Waals surface area (Å²) in [5.74, 6) is 1.69. The Bertz CT molecular complexity index is 1020. The summed E-state index contributed by atoms with van der Waals surface area (Å²) in [7, 11) is 3.35. The second-order valence-electron chi connectivity index (χ2n) is 5.75. The van der Waals surface area contributed by atoms with Crippen molar-refractivity contribution >= 4 is 11.0 Å². The molecule has 0 atom stereocenters. The van der Waals surface area contributed by atoms with E-state index in [-0.39, 0.29) is 0 Å². The zero-order valence-electron chi connectivity index (χ0n) is 14.1. The van der Waals surface area contributed by atoms with Crippen LogP contribution in [0.15, 0.2) is 73.1 Å². The summed E-state index contributed by atoms with van der Waals surface area (Å²) < 4.78 is 12.7. The van der Waals surface area contributed by atoms with E-state index in [9.17, 15) is 0 Å². The third-order valence-corrected chi connectivity index (χ3v) is 4.30. The van der Waals surface area contributed by atoms with Crippen LogP contribution in [-0.2, 0) is 0 Å². The Hall–Kier alpha value is -3.27. The third-order valence-electron chi connectivity index (χ3n) is 4.30. The zero-order chi connectivity index (χ0) is 17.2. The van der Waals surface area contributed by atoms with Gasteiger partial charge < -0.3 is 9.47 Å². The molecule has 4 nitrogen and oxygen atoms in total. The van der Waals surface area contributed by atoms with Crippen molar-refractivity contribution in [1.82, 2.24) is 9.55 Å². The van der Waals surface area contributed by atoms with Crippen LogP contribution in [0.2, 0.25) is 0 Å². The van der Waals surface area contributed by atoms with Crippen molar-refractivity contribution in [2.75, 3.05) is 14.2 Å². The van der Waals surface area contributed by atoms with Crippen molar-refractivity contribution < 1.29 is 9.47 Å². The van der Waals surface area contributed by atoms with Gasteiger partial charge in [0.1, 0.15) is 17.8 Å². The fourth-order valence-corrected chi connectivity index (χ4v) is 2.94. The van der Waals surface area contributed by atoms with Gasteiger partial charge >= 0.3 is 0 Å². The summed E-state index contributed by atoms with van der Waals surface area (Å²) in [6.45, 7) is 0. The van der Waals surface area contributed by atoms with Gasteiger partial charge in [-0.15, -0.1) is 0 Å². The number of fused-ring (bicyclic) bond motifs is 1. The van der Waals surface area contributed by atoms with Crippen LogP contribution in [0, 0.1) is 0 Å². The normalized spacial score (nSPS) is 10.8. The van der Waals surface area contributed by atoms with Gasteiger partial charge in [-0.3, -0.25) is 4.57 Å². The lowest BCUT2D eigenvalue weighted by atomic mass is 10.0. The van der Waals surface area contributed by atoms with E-state index in [1.807, 2.05) is 54.9 Å². The van der Waals surface area contributed by atoms with Crippen LogP contribution in [0.4, 0.5) is 0 Å². The molecule has 0 saturated heterocycles. The zero-order valence-corrected chi connectivity index (χ0v) is 14.1. The van der Waals surface area contributed by atoms with Crippen molar-refractivity contribution in [2.24, 2.45) is 0 Å². The van der Waals surface area contributed by atoms with E-state index in [4.69, 9.17) is 9.47 Å². The molecule has 4 aromatic rings. The highest BCUT2D eigenvalue weighted by Crippen LogP contribution is 2.28. The molecule has 0 aliphatic heterocycles. The predicted molar refractivity (Wildman–Crippen MR) is 99.6 cm³/mol. The van der Waals surface area contributed by atoms with E-state index in [0.717, 1.165) is 39.3 Å². The van der Waals surface area contributed by atoms with Crippen LogP contribution >= 0.6 is 0 Å². The number of nitrogens with zero attached hydrogens (tertiary/aromatic N) is 2. The molecule has 0 aliphatic carbocycles. The molecule has 0 N–H and O–H groups in total. The Kier molecular flexibility index (Phi) is 3.86. The van der Waals surface area contributed by atoms with E-state index < -0.39 is 0 Å². The fourth-order valence-electron chi connectivity index (χ4n) is 2.94. The number of benzene rings is 3. The molecule has 4 rings (SSSR count). The largest absolute Gasteiger partial charge is 0.497 e. The van der Waals surface area contributed by atoms with Gasteiger partial charge in [0, 0.05) is 5.69 Å². The highest BCUT2D eigenvalue weighted by atomic mass is 16.5. The SMILES string of the molecule is COc1ccc(-n2cnc3ccc(-c4cccc(OC)c4)cc32)cc1. The number of methoxy groups -OCH3 is 2. The molecule has 1 heterocycles. The maximum atomic E-state index is 5.33. The van der Waals surface area contributed by atoms with Crippen molar-refractivity contribution in [3.05, 3.63) is 73.1 Å². The lowest BCUT2D eigenvalue weighted by molar-refractivity contribution is 0.414. The van der Waals surface area contributed by atoms with Crippen molar-refractivity contribution in [3.8, 4) is 28.3 Å².